The standard InChI is InChI=1S/C33H45N15O22P4/c1-59-20-13(65-31(19(20)49)46-10-43-16-25(34)37-7-40-28(16)46)4-62-72(53,54)68-23-21(60-2)14(66-32(23)47-11-44-17-26(35)38-8-41-29(17)47)5-63-73(55,56)69-24-22(61-3)15(6-64-74(57,58)70-71(50,51)52)67-33(24)48-12-45-18-27(36)39-9-42-30(18)48/h7-15,19-24,31-33,49H,4-6H2,1-3H3,(H,53,54)(H,55,56)(H,57,58)(H2,34,37,40)(H2,35,38,41)(H2,36,39,42)(H2,50,51,52)/t13-,14-,15-,19?,20-,21-,22-,23-,24-,31-,32-,33-/m1/s1. The van der Waals surface area contributed by atoms with Crippen LogP contribution in [0.2, 0.25) is 0 Å². The maximum Gasteiger partial charge on any atom is 0.481 e. The molecule has 6 aromatic rings. The predicted octanol–water partition coefficient (Wildman–Crippen LogP) is -1.42. The highest BCUT2D eigenvalue weighted by molar-refractivity contribution is 7.60. The molecule has 404 valence electrons. The third-order valence-electron chi connectivity index (χ3n) is 11.6. The Morgan fingerprint density at radius 3 is 1.20 bits per heavy atom. The lowest BCUT2D eigenvalue weighted by atomic mass is 10.1. The fourth-order valence-electron chi connectivity index (χ4n) is 8.50. The summed E-state index contributed by atoms with van der Waals surface area (Å²) in [5, 5.41) is 11.2. The van der Waals surface area contributed by atoms with Gasteiger partial charge in [0.1, 0.15) is 90.5 Å². The highest BCUT2D eigenvalue weighted by Crippen LogP contribution is 2.58. The number of aliphatic hydroxyl groups is 1. The molecule has 0 aromatic carbocycles. The molecule has 0 bridgehead atoms. The van der Waals surface area contributed by atoms with Gasteiger partial charge in [-0.25, -0.2) is 63.1 Å². The van der Waals surface area contributed by atoms with Gasteiger partial charge < -0.3 is 75.2 Å². The van der Waals surface area contributed by atoms with Crippen LogP contribution in [0, 0.1) is 0 Å². The molecule has 0 radical (unpaired) electrons. The number of phosphoric ester groups is 3. The van der Waals surface area contributed by atoms with Crippen molar-refractivity contribution >= 4 is 82.2 Å². The summed E-state index contributed by atoms with van der Waals surface area (Å²) in [7, 11) is -18.2. The Hall–Kier alpha value is -4.75. The summed E-state index contributed by atoms with van der Waals surface area (Å²) in [6.45, 7) is -2.61. The Morgan fingerprint density at radius 1 is 0.500 bits per heavy atom. The van der Waals surface area contributed by atoms with Crippen LogP contribution < -0.4 is 17.2 Å². The van der Waals surface area contributed by atoms with Crippen LogP contribution in [0.3, 0.4) is 0 Å². The summed E-state index contributed by atoms with van der Waals surface area (Å²) in [5.41, 5.74) is 18.5. The molecule has 9 heterocycles. The highest BCUT2D eigenvalue weighted by Gasteiger charge is 2.55. The minimum Gasteiger partial charge on any atom is -0.386 e. The summed E-state index contributed by atoms with van der Waals surface area (Å²) in [5.74, 6) is -0.0661. The third kappa shape index (κ3) is 10.9. The number of imidazole rings is 3. The minimum atomic E-state index is -5.55. The first kappa shape index (κ1) is 54.1. The van der Waals surface area contributed by atoms with E-state index >= 15 is 0 Å². The van der Waals surface area contributed by atoms with E-state index in [1.54, 1.807) is 0 Å². The smallest absolute Gasteiger partial charge is 0.386 e. The van der Waals surface area contributed by atoms with Gasteiger partial charge in [0.05, 0.1) is 38.8 Å². The van der Waals surface area contributed by atoms with E-state index in [4.69, 9.17) is 78.0 Å². The zero-order chi connectivity index (χ0) is 53.1. The number of anilines is 3. The van der Waals surface area contributed by atoms with Crippen molar-refractivity contribution in [3.8, 4) is 0 Å². The first-order valence-electron chi connectivity index (χ1n) is 21.1. The molecule has 37 nitrogen and oxygen atoms in total. The first-order chi connectivity index (χ1) is 35.0. The second-order valence-electron chi connectivity index (χ2n) is 16.0. The van der Waals surface area contributed by atoms with E-state index < -0.39 is 125 Å². The summed E-state index contributed by atoms with van der Waals surface area (Å²) in [6, 6.07) is 0. The number of ether oxygens (including phenoxy) is 6. The zero-order valence-corrected chi connectivity index (χ0v) is 41.7. The summed E-state index contributed by atoms with van der Waals surface area (Å²) in [4.78, 5) is 87.7. The maximum absolute atomic E-state index is 14.1. The van der Waals surface area contributed by atoms with Gasteiger partial charge in [-0.1, -0.05) is 0 Å². The van der Waals surface area contributed by atoms with Crippen molar-refractivity contribution in [3.05, 3.63) is 38.0 Å². The van der Waals surface area contributed by atoms with Gasteiger partial charge in [-0.2, -0.15) is 4.31 Å². The Bertz CT molecular complexity index is 3200. The largest absolute Gasteiger partial charge is 0.481 e. The number of rotatable bonds is 21. The van der Waals surface area contributed by atoms with Crippen LogP contribution in [0.15, 0.2) is 38.0 Å². The molecule has 0 amide bonds. The lowest BCUT2D eigenvalue weighted by Gasteiger charge is -2.27. The van der Waals surface area contributed by atoms with Crippen LogP contribution in [0.25, 0.3) is 33.5 Å². The van der Waals surface area contributed by atoms with Crippen molar-refractivity contribution in [2.75, 3.05) is 58.4 Å². The molecule has 0 saturated carbocycles. The van der Waals surface area contributed by atoms with Crippen LogP contribution in [0.4, 0.5) is 17.5 Å². The number of aromatic nitrogens is 12. The van der Waals surface area contributed by atoms with E-state index in [0.717, 1.165) is 33.2 Å². The van der Waals surface area contributed by atoms with Gasteiger partial charge in [-0.05, 0) is 0 Å². The van der Waals surface area contributed by atoms with Crippen LogP contribution in [0.5, 0.6) is 0 Å². The molecule has 9 rings (SSSR count). The summed E-state index contributed by atoms with van der Waals surface area (Å²) in [6.07, 6.45) is -10.4. The lowest BCUT2D eigenvalue weighted by molar-refractivity contribution is -0.0659. The molecular formula is C33H45N15O22P4. The van der Waals surface area contributed by atoms with Gasteiger partial charge >= 0.3 is 31.3 Å². The molecule has 3 saturated heterocycles. The number of aliphatic hydroxyl groups excluding tert-OH is 1. The predicted molar refractivity (Wildman–Crippen MR) is 240 cm³/mol. The van der Waals surface area contributed by atoms with Crippen molar-refractivity contribution in [1.29, 1.82) is 0 Å². The minimum absolute atomic E-state index is 0.00299. The molecule has 6 aromatic heterocycles. The number of nitrogens with two attached hydrogens (primary N) is 3. The molecule has 3 aliphatic rings. The number of nitrogen functional groups attached to an aromatic ring is 3. The maximum atomic E-state index is 14.1. The second kappa shape index (κ2) is 21.0. The summed E-state index contributed by atoms with van der Waals surface area (Å²) < 4.78 is 122. The van der Waals surface area contributed by atoms with E-state index in [0.29, 0.717) is 0 Å². The number of nitrogens with zero attached hydrogens (tertiary/aromatic N) is 12. The Morgan fingerprint density at radius 2 is 0.838 bits per heavy atom. The molecule has 12 N–H and O–H groups in total. The number of hydrogen-bond donors (Lipinski definition) is 9. The van der Waals surface area contributed by atoms with Crippen molar-refractivity contribution in [2.24, 2.45) is 0 Å². The molecular weight excluding hydrogens is 1080 g/mol. The number of fused-ring (bicyclic) bond motifs is 3. The number of phosphoric acid groups is 4. The van der Waals surface area contributed by atoms with Gasteiger partial charge in [0.15, 0.2) is 53.1 Å². The molecule has 0 aliphatic carbocycles. The van der Waals surface area contributed by atoms with E-state index in [9.17, 15) is 38.0 Å². The quantitative estimate of drug-likeness (QED) is 0.0374. The van der Waals surface area contributed by atoms with Crippen LogP contribution in [-0.2, 0) is 73.6 Å². The molecule has 4 unspecified atom stereocenters. The van der Waals surface area contributed by atoms with E-state index in [2.05, 4.69) is 49.2 Å². The van der Waals surface area contributed by atoms with Crippen molar-refractivity contribution in [2.45, 2.75) is 73.6 Å². The van der Waals surface area contributed by atoms with Gasteiger partial charge in [-0.15, -0.1) is 0 Å². The Balaban J connectivity index is 0.945. The molecule has 3 fully saturated rings. The average Bonchev–Trinajstić information content (AvgIpc) is 4.20. The Kier molecular flexibility index (Phi) is 15.3. The molecule has 41 heteroatoms. The first-order valence-corrected chi connectivity index (χ1v) is 27.1. The van der Waals surface area contributed by atoms with E-state index in [1.165, 1.54) is 39.8 Å². The number of methoxy groups -OCH3 is 3. The van der Waals surface area contributed by atoms with Crippen LogP contribution >= 0.6 is 31.3 Å². The van der Waals surface area contributed by atoms with Crippen molar-refractivity contribution < 1.29 is 103 Å². The molecule has 3 aliphatic heterocycles. The van der Waals surface area contributed by atoms with Gasteiger partial charge in [0.2, 0.25) is 0 Å². The van der Waals surface area contributed by atoms with Gasteiger partial charge in [0.25, 0.3) is 0 Å². The zero-order valence-electron chi connectivity index (χ0n) is 38.1. The SMILES string of the molecule is CO[C@H]1[C@@H](OP(=O)(O)OC[C@H]2O[C@@H](n3cnc4c(N)ncnc43)C(O)[C@@H]2OC)[C@H](n2cnc3c(N)ncnc32)O[C@@H]1COP(=O)(O)O[C@@H]1[C@H](OC)[C@@H](COP(=O)(O)OP(=O)(O)O)O[C@H]1n1cnc2c(N)ncnc21. The van der Waals surface area contributed by atoms with Gasteiger partial charge in [0, 0.05) is 21.3 Å². The second-order valence-corrected chi connectivity index (χ2v) is 21.7. The summed E-state index contributed by atoms with van der Waals surface area (Å²) >= 11 is 0. The highest BCUT2D eigenvalue weighted by atomic mass is 31.3. The third-order valence-corrected chi connectivity index (χ3v) is 15.7. The lowest BCUT2D eigenvalue weighted by Crippen LogP contribution is -2.38. The average molecular weight is 1130 g/mol. The van der Waals surface area contributed by atoms with Crippen molar-refractivity contribution in [1.82, 2.24) is 58.6 Å². The van der Waals surface area contributed by atoms with Crippen LogP contribution in [0.1, 0.15) is 18.7 Å². The monoisotopic (exact) mass is 1130 g/mol. The van der Waals surface area contributed by atoms with Gasteiger partial charge in [-0.3, -0.25) is 36.3 Å². The topological polar surface area (TPSA) is 509 Å². The Labute approximate surface area is 413 Å². The van der Waals surface area contributed by atoms with Crippen LogP contribution in [-0.4, -0.2) is 184 Å². The van der Waals surface area contributed by atoms with Crippen molar-refractivity contribution in [3.63, 3.8) is 0 Å². The fraction of sp³-hybridized carbons (Fsp3) is 0.545. The fourth-order valence-corrected chi connectivity index (χ4v) is 12.0. The van der Waals surface area contributed by atoms with E-state index in [-0.39, 0.29) is 50.9 Å². The molecule has 15 atom stereocenters. The molecule has 0 spiro atoms. The number of hydrogen-bond acceptors (Lipinski definition) is 29. The molecule has 74 heavy (non-hydrogen) atoms. The normalized spacial score (nSPS) is 30.1. The van der Waals surface area contributed by atoms with E-state index in [1.807, 2.05) is 0 Å².